The highest BCUT2D eigenvalue weighted by Crippen LogP contribution is 2.27. The molecule has 1 atom stereocenters. The fraction of sp³-hybridized carbons (Fsp3) is 0.444. The molecule has 3 N–H and O–H groups in total. The first-order valence-electron chi connectivity index (χ1n) is 8.44. The van der Waals surface area contributed by atoms with Crippen LogP contribution in [-0.4, -0.2) is 52.8 Å². The highest BCUT2D eigenvalue weighted by molar-refractivity contribution is 5.93. The molecule has 0 saturated carbocycles. The molecule has 3 rings (SSSR count). The van der Waals surface area contributed by atoms with Gasteiger partial charge >= 0.3 is 0 Å². The molecule has 1 aliphatic rings. The number of aromatic hydroxyl groups is 1. The standard InChI is InChI=1S/C18H24N4O2/c1-22-10-4-5-13(12-22)8-9-19-18(24)16-11-15(20-21-16)14-6-2-3-7-17(14)23/h2-3,6-7,11,13,23H,4-5,8-10,12H2,1H3,(H,19,24)(H,20,21)/t13-/m1/s1. The Morgan fingerprint density at radius 3 is 3.08 bits per heavy atom. The number of phenols is 1. The number of H-pyrrole nitrogens is 1. The number of phenolic OH excluding ortho intramolecular Hbond substituents is 1. The second-order valence-electron chi connectivity index (χ2n) is 6.50. The highest BCUT2D eigenvalue weighted by Gasteiger charge is 2.18. The Kier molecular flexibility index (Phi) is 5.15. The van der Waals surface area contributed by atoms with Crippen LogP contribution in [0.5, 0.6) is 5.75 Å². The second kappa shape index (κ2) is 7.49. The van der Waals surface area contributed by atoms with Crippen LogP contribution in [0.2, 0.25) is 0 Å². The van der Waals surface area contributed by atoms with E-state index in [1.807, 2.05) is 6.07 Å². The lowest BCUT2D eigenvalue weighted by molar-refractivity contribution is 0.0943. The molecule has 24 heavy (non-hydrogen) atoms. The predicted molar refractivity (Wildman–Crippen MR) is 92.9 cm³/mol. The molecule has 1 aromatic carbocycles. The Morgan fingerprint density at radius 1 is 1.46 bits per heavy atom. The first kappa shape index (κ1) is 16.5. The lowest BCUT2D eigenvalue weighted by Gasteiger charge is -2.29. The maximum atomic E-state index is 12.2. The third-order valence-corrected chi connectivity index (χ3v) is 4.56. The topological polar surface area (TPSA) is 81.2 Å². The summed E-state index contributed by atoms with van der Waals surface area (Å²) < 4.78 is 0. The van der Waals surface area contributed by atoms with Crippen LogP contribution >= 0.6 is 0 Å². The number of amides is 1. The van der Waals surface area contributed by atoms with Crippen molar-refractivity contribution in [1.82, 2.24) is 20.4 Å². The number of nitrogens with one attached hydrogen (secondary N) is 2. The zero-order valence-electron chi connectivity index (χ0n) is 14.0. The SMILES string of the molecule is CN1CCC[C@H](CCNC(=O)c2cc(-c3ccccc3O)n[nH]2)C1. The van der Waals surface area contributed by atoms with Crippen molar-refractivity contribution in [2.75, 3.05) is 26.7 Å². The molecule has 1 amide bonds. The van der Waals surface area contributed by atoms with Gasteiger partial charge in [0.2, 0.25) is 0 Å². The van der Waals surface area contributed by atoms with Crippen molar-refractivity contribution in [2.24, 2.45) is 5.92 Å². The van der Waals surface area contributed by atoms with E-state index in [-0.39, 0.29) is 11.7 Å². The summed E-state index contributed by atoms with van der Waals surface area (Å²) in [6.07, 6.45) is 3.47. The number of carbonyl (C=O) groups excluding carboxylic acids is 1. The van der Waals surface area contributed by atoms with Gasteiger partial charge in [-0.05, 0) is 57.0 Å². The quantitative estimate of drug-likeness (QED) is 0.786. The molecule has 1 aliphatic heterocycles. The predicted octanol–water partition coefficient (Wildman–Crippen LogP) is 2.24. The number of aromatic nitrogens is 2. The van der Waals surface area contributed by atoms with E-state index in [2.05, 4.69) is 27.5 Å². The fourth-order valence-electron chi connectivity index (χ4n) is 3.26. The monoisotopic (exact) mass is 328 g/mol. The Balaban J connectivity index is 1.53. The average molecular weight is 328 g/mol. The lowest BCUT2D eigenvalue weighted by atomic mass is 9.95. The molecule has 0 spiro atoms. The molecule has 1 fully saturated rings. The minimum Gasteiger partial charge on any atom is -0.507 e. The van der Waals surface area contributed by atoms with Gasteiger partial charge in [0.25, 0.3) is 5.91 Å². The maximum Gasteiger partial charge on any atom is 0.269 e. The number of para-hydroxylation sites is 1. The summed E-state index contributed by atoms with van der Waals surface area (Å²) in [5.74, 6) is 0.647. The van der Waals surface area contributed by atoms with E-state index in [1.165, 1.54) is 19.4 Å². The van der Waals surface area contributed by atoms with Gasteiger partial charge < -0.3 is 15.3 Å². The summed E-state index contributed by atoms with van der Waals surface area (Å²) in [7, 11) is 2.15. The van der Waals surface area contributed by atoms with Gasteiger partial charge in [-0.15, -0.1) is 0 Å². The van der Waals surface area contributed by atoms with E-state index in [4.69, 9.17) is 0 Å². The van der Waals surface area contributed by atoms with Crippen LogP contribution in [0.1, 0.15) is 29.8 Å². The molecule has 0 unspecified atom stereocenters. The van der Waals surface area contributed by atoms with Crippen LogP contribution < -0.4 is 5.32 Å². The number of aromatic amines is 1. The van der Waals surface area contributed by atoms with Crippen molar-refractivity contribution >= 4 is 5.91 Å². The van der Waals surface area contributed by atoms with Crippen molar-refractivity contribution in [2.45, 2.75) is 19.3 Å². The van der Waals surface area contributed by atoms with E-state index in [0.29, 0.717) is 29.4 Å². The largest absolute Gasteiger partial charge is 0.507 e. The molecule has 0 radical (unpaired) electrons. The summed E-state index contributed by atoms with van der Waals surface area (Å²) in [6.45, 7) is 2.95. The Hall–Kier alpha value is -2.34. The zero-order chi connectivity index (χ0) is 16.9. The van der Waals surface area contributed by atoms with E-state index >= 15 is 0 Å². The molecule has 0 aliphatic carbocycles. The average Bonchev–Trinajstić information content (AvgIpc) is 3.05. The first-order chi connectivity index (χ1) is 11.6. The molecule has 1 aromatic heterocycles. The van der Waals surface area contributed by atoms with Crippen LogP contribution in [0.15, 0.2) is 30.3 Å². The van der Waals surface area contributed by atoms with Gasteiger partial charge in [0.15, 0.2) is 0 Å². The zero-order valence-corrected chi connectivity index (χ0v) is 14.0. The smallest absolute Gasteiger partial charge is 0.269 e. The van der Waals surface area contributed by atoms with E-state index < -0.39 is 0 Å². The molecule has 6 nitrogen and oxygen atoms in total. The number of carbonyl (C=O) groups is 1. The van der Waals surface area contributed by atoms with Crippen LogP contribution in [0.3, 0.4) is 0 Å². The summed E-state index contributed by atoms with van der Waals surface area (Å²) in [4.78, 5) is 14.6. The lowest BCUT2D eigenvalue weighted by Crippen LogP contribution is -2.34. The third kappa shape index (κ3) is 3.94. The van der Waals surface area contributed by atoms with Gasteiger partial charge in [-0.3, -0.25) is 9.89 Å². The number of nitrogens with zero attached hydrogens (tertiary/aromatic N) is 2. The van der Waals surface area contributed by atoms with Crippen LogP contribution in [0, 0.1) is 5.92 Å². The van der Waals surface area contributed by atoms with Crippen molar-refractivity contribution in [1.29, 1.82) is 0 Å². The number of piperidine rings is 1. The number of rotatable bonds is 5. The first-order valence-corrected chi connectivity index (χ1v) is 8.44. The van der Waals surface area contributed by atoms with E-state index in [1.54, 1.807) is 24.3 Å². The summed E-state index contributed by atoms with van der Waals surface area (Å²) >= 11 is 0. The number of benzene rings is 1. The Labute approximate surface area is 141 Å². The van der Waals surface area contributed by atoms with Crippen LogP contribution in [0.4, 0.5) is 0 Å². The summed E-state index contributed by atoms with van der Waals surface area (Å²) in [6, 6.07) is 8.61. The molecule has 0 bridgehead atoms. The van der Waals surface area contributed by atoms with Crippen LogP contribution in [0.25, 0.3) is 11.3 Å². The van der Waals surface area contributed by atoms with Crippen LogP contribution in [-0.2, 0) is 0 Å². The minimum absolute atomic E-state index is 0.150. The van der Waals surface area contributed by atoms with Gasteiger partial charge in [0, 0.05) is 18.7 Å². The number of likely N-dealkylation sites (tertiary alicyclic amines) is 1. The van der Waals surface area contributed by atoms with Crippen molar-refractivity contribution in [3.63, 3.8) is 0 Å². The van der Waals surface area contributed by atoms with Gasteiger partial charge in [-0.1, -0.05) is 12.1 Å². The normalized spacial score (nSPS) is 18.5. The molecule has 128 valence electrons. The van der Waals surface area contributed by atoms with Crippen molar-refractivity contribution in [3.05, 3.63) is 36.0 Å². The number of hydrogen-bond donors (Lipinski definition) is 3. The van der Waals surface area contributed by atoms with E-state index in [0.717, 1.165) is 13.0 Å². The van der Waals surface area contributed by atoms with Gasteiger partial charge in [0.1, 0.15) is 11.4 Å². The van der Waals surface area contributed by atoms with Gasteiger partial charge in [-0.2, -0.15) is 5.10 Å². The third-order valence-electron chi connectivity index (χ3n) is 4.56. The second-order valence-corrected chi connectivity index (χ2v) is 6.50. The Morgan fingerprint density at radius 2 is 2.29 bits per heavy atom. The molecule has 6 heteroatoms. The molecular formula is C18H24N4O2. The van der Waals surface area contributed by atoms with E-state index in [9.17, 15) is 9.90 Å². The fourth-order valence-corrected chi connectivity index (χ4v) is 3.26. The summed E-state index contributed by atoms with van der Waals surface area (Å²) in [5.41, 5.74) is 1.58. The Bertz CT molecular complexity index is 698. The van der Waals surface area contributed by atoms with Crippen molar-refractivity contribution < 1.29 is 9.90 Å². The number of hydrogen-bond acceptors (Lipinski definition) is 4. The molecule has 2 aromatic rings. The van der Waals surface area contributed by atoms with Crippen molar-refractivity contribution in [3.8, 4) is 17.0 Å². The molecular weight excluding hydrogens is 304 g/mol. The van der Waals surface area contributed by atoms with Gasteiger partial charge in [0.05, 0.1) is 5.69 Å². The minimum atomic E-state index is -0.159. The molecule has 2 heterocycles. The highest BCUT2D eigenvalue weighted by atomic mass is 16.3. The maximum absolute atomic E-state index is 12.2. The molecule has 1 saturated heterocycles. The van der Waals surface area contributed by atoms with Gasteiger partial charge in [-0.25, -0.2) is 0 Å². The summed E-state index contributed by atoms with van der Waals surface area (Å²) in [5, 5.41) is 19.7.